The molecule has 2 rings (SSSR count). The van der Waals surface area contributed by atoms with Gasteiger partial charge in [-0.3, -0.25) is 0 Å². The maximum Gasteiger partial charge on any atom is 0.0790 e. The molecule has 0 radical (unpaired) electrons. The molecule has 0 spiro atoms. The third kappa shape index (κ3) is 3.32. The predicted octanol–water partition coefficient (Wildman–Crippen LogP) is 2.65. The highest BCUT2D eigenvalue weighted by molar-refractivity contribution is 5.05. The van der Waals surface area contributed by atoms with E-state index in [1.54, 1.807) is 0 Å². The normalized spacial score (nSPS) is 35.2. The molecule has 2 aliphatic heterocycles. The van der Waals surface area contributed by atoms with Crippen molar-refractivity contribution in [1.29, 1.82) is 0 Å². The molecule has 19 heavy (non-hydrogen) atoms. The fraction of sp³-hybridized carbons (Fsp3) is 1.00. The van der Waals surface area contributed by atoms with Crippen LogP contribution in [0, 0.1) is 5.92 Å². The summed E-state index contributed by atoms with van der Waals surface area (Å²) in [6.07, 6.45) is 5.53. The molecule has 0 amide bonds. The average Bonchev–Trinajstić information content (AvgIpc) is 2.50. The van der Waals surface area contributed by atoms with Crippen LogP contribution >= 0.6 is 0 Å². The molecular formula is C16H32N2O. The fourth-order valence-corrected chi connectivity index (χ4v) is 4.17. The van der Waals surface area contributed by atoms with Crippen LogP contribution < -0.4 is 5.32 Å². The molecule has 0 aliphatic carbocycles. The quantitative estimate of drug-likeness (QED) is 0.851. The smallest absolute Gasteiger partial charge is 0.0790 e. The number of hydrogen-bond acceptors (Lipinski definition) is 3. The second-order valence-corrected chi connectivity index (χ2v) is 7.40. The minimum Gasteiger partial charge on any atom is -0.368 e. The van der Waals surface area contributed by atoms with Crippen LogP contribution in [0.1, 0.15) is 53.4 Å². The van der Waals surface area contributed by atoms with Gasteiger partial charge in [0.1, 0.15) is 0 Å². The summed E-state index contributed by atoms with van der Waals surface area (Å²) in [4.78, 5) is 2.66. The SMILES string of the molecule is CNC1C(CN2CCCCCC2)C(C)(C)OC1(C)C. The van der Waals surface area contributed by atoms with E-state index in [4.69, 9.17) is 4.74 Å². The average molecular weight is 268 g/mol. The van der Waals surface area contributed by atoms with Crippen LogP contribution in [-0.2, 0) is 4.74 Å². The van der Waals surface area contributed by atoms with Crippen molar-refractivity contribution in [1.82, 2.24) is 10.2 Å². The number of nitrogens with zero attached hydrogens (tertiary/aromatic N) is 1. The summed E-state index contributed by atoms with van der Waals surface area (Å²) >= 11 is 0. The van der Waals surface area contributed by atoms with E-state index in [-0.39, 0.29) is 11.2 Å². The zero-order valence-electron chi connectivity index (χ0n) is 13.5. The Bertz CT molecular complexity index is 293. The van der Waals surface area contributed by atoms with E-state index in [1.807, 2.05) is 0 Å². The van der Waals surface area contributed by atoms with E-state index in [2.05, 4.69) is 45.0 Å². The Kier molecular flexibility index (Phi) is 4.59. The molecule has 3 heteroatoms. The van der Waals surface area contributed by atoms with Crippen molar-refractivity contribution in [3.8, 4) is 0 Å². The van der Waals surface area contributed by atoms with Crippen LogP contribution in [0.25, 0.3) is 0 Å². The van der Waals surface area contributed by atoms with Gasteiger partial charge in [0.15, 0.2) is 0 Å². The Hall–Kier alpha value is -0.120. The Balaban J connectivity index is 2.07. The maximum atomic E-state index is 6.34. The molecule has 0 bridgehead atoms. The third-order valence-electron chi connectivity index (χ3n) is 5.03. The lowest BCUT2D eigenvalue weighted by Crippen LogP contribution is -2.49. The molecule has 2 fully saturated rings. The van der Waals surface area contributed by atoms with Crippen molar-refractivity contribution in [2.24, 2.45) is 5.92 Å². The maximum absolute atomic E-state index is 6.34. The standard InChI is InChI=1S/C16H32N2O/c1-15(2)13(14(17-5)16(3,4)19-15)12-18-10-8-6-7-9-11-18/h13-14,17H,6-12H2,1-5H3. The van der Waals surface area contributed by atoms with Crippen LogP contribution in [-0.4, -0.2) is 48.8 Å². The molecule has 2 heterocycles. The molecule has 0 aromatic heterocycles. The van der Waals surface area contributed by atoms with Gasteiger partial charge >= 0.3 is 0 Å². The lowest BCUT2D eigenvalue weighted by Gasteiger charge is -2.33. The van der Waals surface area contributed by atoms with Gasteiger partial charge in [-0.05, 0) is 60.7 Å². The first-order valence-electron chi connectivity index (χ1n) is 7.96. The topological polar surface area (TPSA) is 24.5 Å². The van der Waals surface area contributed by atoms with Crippen LogP contribution in [0.3, 0.4) is 0 Å². The van der Waals surface area contributed by atoms with E-state index < -0.39 is 0 Å². The summed E-state index contributed by atoms with van der Waals surface area (Å²) in [6.45, 7) is 12.7. The molecule has 0 saturated carbocycles. The van der Waals surface area contributed by atoms with E-state index in [0.717, 1.165) is 0 Å². The highest BCUT2D eigenvalue weighted by Crippen LogP contribution is 2.42. The van der Waals surface area contributed by atoms with Gasteiger partial charge in [-0.2, -0.15) is 0 Å². The van der Waals surface area contributed by atoms with Crippen LogP contribution in [0.4, 0.5) is 0 Å². The molecule has 2 saturated heterocycles. The molecular weight excluding hydrogens is 236 g/mol. The van der Waals surface area contributed by atoms with E-state index >= 15 is 0 Å². The Morgan fingerprint density at radius 2 is 1.58 bits per heavy atom. The molecule has 3 nitrogen and oxygen atoms in total. The van der Waals surface area contributed by atoms with Gasteiger partial charge in [0.05, 0.1) is 11.2 Å². The first kappa shape index (κ1) is 15.3. The Labute approximate surface area is 119 Å². The largest absolute Gasteiger partial charge is 0.368 e. The highest BCUT2D eigenvalue weighted by atomic mass is 16.5. The van der Waals surface area contributed by atoms with E-state index in [0.29, 0.717) is 12.0 Å². The summed E-state index contributed by atoms with van der Waals surface area (Å²) in [5.41, 5.74) is -0.113. The summed E-state index contributed by atoms with van der Waals surface area (Å²) in [5, 5.41) is 3.51. The highest BCUT2D eigenvalue weighted by Gasteiger charge is 2.53. The van der Waals surface area contributed by atoms with Crippen molar-refractivity contribution < 1.29 is 4.74 Å². The van der Waals surface area contributed by atoms with Gasteiger partial charge in [0.2, 0.25) is 0 Å². The summed E-state index contributed by atoms with van der Waals surface area (Å²) in [7, 11) is 2.08. The van der Waals surface area contributed by atoms with Gasteiger partial charge in [0, 0.05) is 18.5 Å². The van der Waals surface area contributed by atoms with Gasteiger partial charge in [-0.25, -0.2) is 0 Å². The van der Waals surface area contributed by atoms with Crippen LogP contribution in [0.5, 0.6) is 0 Å². The number of nitrogens with one attached hydrogen (secondary N) is 1. The van der Waals surface area contributed by atoms with Crippen molar-refractivity contribution in [2.75, 3.05) is 26.7 Å². The zero-order valence-corrected chi connectivity index (χ0v) is 13.5. The number of hydrogen-bond donors (Lipinski definition) is 1. The lowest BCUT2D eigenvalue weighted by molar-refractivity contribution is -0.0793. The van der Waals surface area contributed by atoms with Gasteiger partial charge in [-0.15, -0.1) is 0 Å². The second kappa shape index (κ2) is 5.71. The first-order valence-corrected chi connectivity index (χ1v) is 7.96. The van der Waals surface area contributed by atoms with Crippen LogP contribution in [0.15, 0.2) is 0 Å². The number of rotatable bonds is 3. The Morgan fingerprint density at radius 3 is 2.11 bits per heavy atom. The molecule has 112 valence electrons. The third-order valence-corrected chi connectivity index (χ3v) is 5.03. The second-order valence-electron chi connectivity index (χ2n) is 7.40. The molecule has 1 N–H and O–H groups in total. The summed E-state index contributed by atoms with van der Waals surface area (Å²) < 4.78 is 6.34. The van der Waals surface area contributed by atoms with E-state index in [1.165, 1.54) is 45.3 Å². The van der Waals surface area contributed by atoms with E-state index in [9.17, 15) is 0 Å². The van der Waals surface area contributed by atoms with Gasteiger partial charge in [-0.1, -0.05) is 12.8 Å². The van der Waals surface area contributed by atoms with Crippen molar-refractivity contribution >= 4 is 0 Å². The molecule has 0 aromatic carbocycles. The minimum atomic E-state index is -0.0746. The molecule has 2 atom stereocenters. The summed E-state index contributed by atoms with van der Waals surface area (Å²) in [6, 6.07) is 0.436. The molecule has 0 aromatic rings. The molecule has 2 aliphatic rings. The number of ether oxygens (including phenoxy) is 1. The van der Waals surface area contributed by atoms with Gasteiger partial charge in [0.25, 0.3) is 0 Å². The summed E-state index contributed by atoms with van der Waals surface area (Å²) in [5.74, 6) is 0.561. The number of likely N-dealkylation sites (N-methyl/N-ethyl adjacent to an activating group) is 1. The zero-order chi connectivity index (χ0) is 14.1. The predicted molar refractivity (Wildman–Crippen MR) is 80.5 cm³/mol. The van der Waals surface area contributed by atoms with Crippen molar-refractivity contribution in [2.45, 2.75) is 70.6 Å². The monoisotopic (exact) mass is 268 g/mol. The first-order chi connectivity index (χ1) is 8.87. The van der Waals surface area contributed by atoms with Crippen molar-refractivity contribution in [3.05, 3.63) is 0 Å². The van der Waals surface area contributed by atoms with Crippen LogP contribution in [0.2, 0.25) is 0 Å². The lowest BCUT2D eigenvalue weighted by atomic mass is 9.82. The number of likely N-dealkylation sites (tertiary alicyclic amines) is 1. The fourth-order valence-electron chi connectivity index (χ4n) is 4.17. The molecule has 2 unspecified atom stereocenters. The minimum absolute atomic E-state index is 0.0382. The van der Waals surface area contributed by atoms with Crippen molar-refractivity contribution in [3.63, 3.8) is 0 Å². The van der Waals surface area contributed by atoms with Gasteiger partial charge < -0.3 is 15.0 Å². The Morgan fingerprint density at radius 1 is 1.00 bits per heavy atom.